The minimum atomic E-state index is -0.641. The van der Waals surface area contributed by atoms with Gasteiger partial charge in [0.25, 0.3) is 5.91 Å². The van der Waals surface area contributed by atoms with Gasteiger partial charge >= 0.3 is 0 Å². The Morgan fingerprint density at radius 2 is 1.95 bits per heavy atom. The molecule has 2 N–H and O–H groups in total. The van der Waals surface area contributed by atoms with Crippen molar-refractivity contribution in [3.05, 3.63) is 40.6 Å². The summed E-state index contributed by atoms with van der Waals surface area (Å²) in [6, 6.07) is 5.96. The minimum Gasteiger partial charge on any atom is -0.509 e. The van der Waals surface area contributed by atoms with E-state index < -0.39 is 5.54 Å². The summed E-state index contributed by atoms with van der Waals surface area (Å²) in [5.41, 5.74) is 2.67. The van der Waals surface area contributed by atoms with Crippen LogP contribution in [0.4, 0.5) is 0 Å². The molecule has 3 rings (SSSR count). The lowest BCUT2D eigenvalue weighted by Crippen LogP contribution is -2.52. The third-order valence-corrected chi connectivity index (χ3v) is 4.77. The smallest absolute Gasteiger partial charge is 0.256 e. The highest BCUT2D eigenvalue weighted by Crippen LogP contribution is 2.39. The molecular weight excluding hydrogens is 280 g/mol. The Morgan fingerprint density at radius 1 is 1.27 bits per heavy atom. The molecule has 5 heteroatoms. The van der Waals surface area contributed by atoms with Gasteiger partial charge < -0.3 is 15.3 Å². The van der Waals surface area contributed by atoms with Crippen molar-refractivity contribution in [2.45, 2.75) is 32.2 Å². The van der Waals surface area contributed by atoms with Crippen LogP contribution in [0.1, 0.15) is 29.5 Å². The van der Waals surface area contributed by atoms with Crippen LogP contribution in [0, 0.1) is 13.8 Å². The van der Waals surface area contributed by atoms with Gasteiger partial charge in [-0.1, -0.05) is 23.8 Å². The predicted molar refractivity (Wildman–Crippen MR) is 84.2 cm³/mol. The molecule has 2 heterocycles. The third-order valence-electron chi connectivity index (χ3n) is 4.77. The third kappa shape index (κ3) is 2.30. The topological polar surface area (TPSA) is 61.8 Å². The molecule has 1 aromatic rings. The minimum absolute atomic E-state index is 0.182. The SMILES string of the molecule is CON1CCC2(CC1)NC(=O)C(c1cc(C)ccc1C)=C2O. The van der Waals surface area contributed by atoms with Crippen LogP contribution in [-0.4, -0.2) is 41.8 Å². The van der Waals surface area contributed by atoms with Crippen molar-refractivity contribution in [2.24, 2.45) is 0 Å². The van der Waals surface area contributed by atoms with E-state index in [2.05, 4.69) is 5.32 Å². The molecule has 0 radical (unpaired) electrons. The van der Waals surface area contributed by atoms with Crippen LogP contribution in [0.25, 0.3) is 5.57 Å². The highest BCUT2D eigenvalue weighted by molar-refractivity contribution is 6.23. The first kappa shape index (κ1) is 15.1. The van der Waals surface area contributed by atoms with E-state index in [1.54, 1.807) is 7.11 Å². The van der Waals surface area contributed by atoms with E-state index in [1.165, 1.54) is 0 Å². The van der Waals surface area contributed by atoms with Crippen molar-refractivity contribution in [1.82, 2.24) is 10.4 Å². The molecule has 0 unspecified atom stereocenters. The van der Waals surface area contributed by atoms with Crippen molar-refractivity contribution in [1.29, 1.82) is 0 Å². The van der Waals surface area contributed by atoms with Gasteiger partial charge in [0.05, 0.1) is 12.7 Å². The normalized spacial score (nSPS) is 21.5. The first-order valence-electron chi connectivity index (χ1n) is 7.60. The molecule has 22 heavy (non-hydrogen) atoms. The molecule has 1 fully saturated rings. The molecule has 0 saturated carbocycles. The lowest BCUT2D eigenvalue weighted by molar-refractivity contribution is -0.152. The Hall–Kier alpha value is -1.85. The van der Waals surface area contributed by atoms with Gasteiger partial charge in [-0.25, -0.2) is 0 Å². The zero-order valence-corrected chi connectivity index (χ0v) is 13.3. The van der Waals surface area contributed by atoms with Gasteiger partial charge in [0.2, 0.25) is 0 Å². The summed E-state index contributed by atoms with van der Waals surface area (Å²) in [6.07, 6.45) is 1.29. The van der Waals surface area contributed by atoms with Crippen molar-refractivity contribution < 1.29 is 14.7 Å². The summed E-state index contributed by atoms with van der Waals surface area (Å²) in [4.78, 5) is 17.7. The summed E-state index contributed by atoms with van der Waals surface area (Å²) in [5, 5.41) is 15.7. The van der Waals surface area contributed by atoms with Crippen molar-refractivity contribution >= 4 is 11.5 Å². The van der Waals surface area contributed by atoms with Gasteiger partial charge in [-0.3, -0.25) is 4.79 Å². The molecule has 0 aromatic heterocycles. The lowest BCUT2D eigenvalue weighted by atomic mass is 9.86. The van der Waals surface area contributed by atoms with Gasteiger partial charge in [-0.05, 0) is 37.8 Å². The van der Waals surface area contributed by atoms with Crippen LogP contribution >= 0.6 is 0 Å². The van der Waals surface area contributed by atoms with Gasteiger partial charge in [-0.2, -0.15) is 5.06 Å². The van der Waals surface area contributed by atoms with E-state index in [0.29, 0.717) is 31.5 Å². The average Bonchev–Trinajstić information content (AvgIpc) is 2.74. The summed E-state index contributed by atoms with van der Waals surface area (Å²) >= 11 is 0. The first-order chi connectivity index (χ1) is 10.5. The van der Waals surface area contributed by atoms with Gasteiger partial charge in [0, 0.05) is 13.1 Å². The van der Waals surface area contributed by atoms with Crippen molar-refractivity contribution in [3.8, 4) is 0 Å². The van der Waals surface area contributed by atoms with E-state index in [1.807, 2.05) is 37.1 Å². The number of hydrogen-bond acceptors (Lipinski definition) is 4. The summed E-state index contributed by atoms with van der Waals surface area (Å²) in [5.74, 6) is -0.000908. The first-order valence-corrected chi connectivity index (χ1v) is 7.60. The fourth-order valence-corrected chi connectivity index (χ4v) is 3.35. The summed E-state index contributed by atoms with van der Waals surface area (Å²) < 4.78 is 0. The van der Waals surface area contributed by atoms with Crippen LogP contribution in [0.15, 0.2) is 24.0 Å². The maximum atomic E-state index is 12.5. The van der Waals surface area contributed by atoms with Gasteiger partial charge in [0.15, 0.2) is 0 Å². The number of aliphatic hydroxyl groups excluding tert-OH is 1. The molecule has 118 valence electrons. The van der Waals surface area contributed by atoms with Gasteiger partial charge in [0.1, 0.15) is 11.3 Å². The monoisotopic (exact) mass is 302 g/mol. The Kier molecular flexibility index (Phi) is 3.70. The number of benzene rings is 1. The maximum Gasteiger partial charge on any atom is 0.256 e. The van der Waals surface area contributed by atoms with E-state index in [4.69, 9.17) is 4.84 Å². The molecule has 1 aromatic carbocycles. The second-order valence-electron chi connectivity index (χ2n) is 6.19. The van der Waals surface area contributed by atoms with Crippen LogP contribution in [0.5, 0.6) is 0 Å². The Morgan fingerprint density at radius 3 is 2.59 bits per heavy atom. The second kappa shape index (κ2) is 5.41. The number of piperidine rings is 1. The zero-order chi connectivity index (χ0) is 15.9. The van der Waals surface area contributed by atoms with Crippen LogP contribution in [0.2, 0.25) is 0 Å². The molecule has 0 bridgehead atoms. The van der Waals surface area contributed by atoms with E-state index >= 15 is 0 Å². The van der Waals surface area contributed by atoms with Crippen molar-refractivity contribution in [2.75, 3.05) is 20.2 Å². The van der Waals surface area contributed by atoms with Crippen LogP contribution < -0.4 is 5.32 Å². The highest BCUT2D eigenvalue weighted by atomic mass is 16.7. The standard InChI is InChI=1S/C17H22N2O3/c1-11-4-5-12(2)13(10-11)14-15(20)17(18-16(14)21)6-8-19(22-3)9-7-17/h4-5,10,20H,6-9H2,1-3H3,(H,18,21). The number of nitrogens with zero attached hydrogens (tertiary/aromatic N) is 1. The molecule has 2 aliphatic heterocycles. The number of amides is 1. The number of hydrogen-bond donors (Lipinski definition) is 2. The number of hydroxylamine groups is 2. The molecule has 2 aliphatic rings. The van der Waals surface area contributed by atoms with E-state index in [0.717, 1.165) is 16.7 Å². The second-order valence-corrected chi connectivity index (χ2v) is 6.19. The van der Waals surface area contributed by atoms with E-state index in [-0.39, 0.29) is 11.7 Å². The lowest BCUT2D eigenvalue weighted by Gasteiger charge is -2.37. The molecule has 1 spiro atoms. The van der Waals surface area contributed by atoms with E-state index in [9.17, 15) is 9.90 Å². The van der Waals surface area contributed by atoms with Crippen molar-refractivity contribution in [3.63, 3.8) is 0 Å². The molecule has 0 aliphatic carbocycles. The molecule has 5 nitrogen and oxygen atoms in total. The summed E-state index contributed by atoms with van der Waals surface area (Å²) in [6.45, 7) is 5.31. The Labute approximate surface area is 130 Å². The fourth-order valence-electron chi connectivity index (χ4n) is 3.35. The molecule has 1 amide bonds. The number of rotatable bonds is 2. The predicted octanol–water partition coefficient (Wildman–Crippen LogP) is 2.10. The maximum absolute atomic E-state index is 12.5. The Bertz CT molecular complexity index is 643. The quantitative estimate of drug-likeness (QED) is 0.878. The fraction of sp³-hybridized carbons (Fsp3) is 0.471. The molecule has 1 saturated heterocycles. The van der Waals surface area contributed by atoms with Gasteiger partial charge in [-0.15, -0.1) is 0 Å². The van der Waals surface area contributed by atoms with Crippen LogP contribution in [0.3, 0.4) is 0 Å². The Balaban J connectivity index is 2.00. The van der Waals surface area contributed by atoms with Crippen LogP contribution in [-0.2, 0) is 9.63 Å². The largest absolute Gasteiger partial charge is 0.509 e. The highest BCUT2D eigenvalue weighted by Gasteiger charge is 2.47. The summed E-state index contributed by atoms with van der Waals surface area (Å²) in [7, 11) is 1.64. The number of carbonyl (C=O) groups is 1. The molecule has 0 atom stereocenters. The molecular formula is C17H22N2O3. The number of aryl methyl sites for hydroxylation is 2. The number of carbonyl (C=O) groups excluding carboxylic acids is 1. The zero-order valence-electron chi connectivity index (χ0n) is 13.3. The number of nitrogens with one attached hydrogen (secondary N) is 1. The average molecular weight is 302 g/mol. The number of aliphatic hydroxyl groups is 1.